The van der Waals surface area contributed by atoms with E-state index in [1.54, 1.807) is 0 Å². The number of hydrogen-bond donors (Lipinski definition) is 1. The predicted octanol–water partition coefficient (Wildman–Crippen LogP) is 2.29. The van der Waals surface area contributed by atoms with Crippen molar-refractivity contribution in [2.24, 2.45) is 0 Å². The number of aliphatic hydroxyl groups is 1. The van der Waals surface area contributed by atoms with Gasteiger partial charge in [-0.25, -0.2) is 18.2 Å². The molecule has 1 aliphatic heterocycles. The molecule has 3 rings (SSSR count). The highest BCUT2D eigenvalue weighted by Crippen LogP contribution is 2.49. The Bertz CT molecular complexity index is 615. The highest BCUT2D eigenvalue weighted by atomic mass is 19.3. The number of alkyl halides is 2. The number of amides is 1. The summed E-state index contributed by atoms with van der Waals surface area (Å²) in [5, 5.41) is 10.0. The third kappa shape index (κ3) is 2.10. The van der Waals surface area contributed by atoms with Crippen LogP contribution in [0, 0.1) is 12.7 Å². The topological polar surface area (TPSA) is 53.4 Å². The van der Waals surface area contributed by atoms with E-state index < -0.39 is 35.8 Å². The summed E-state index contributed by atoms with van der Waals surface area (Å²) in [6.07, 6.45) is 1.10. The van der Waals surface area contributed by atoms with Crippen molar-refractivity contribution in [3.05, 3.63) is 29.3 Å². The van der Waals surface area contributed by atoms with E-state index in [1.807, 2.05) is 0 Å². The Morgan fingerprint density at radius 1 is 1.41 bits per heavy atom. The van der Waals surface area contributed by atoms with E-state index in [0.717, 1.165) is 11.1 Å². The molecule has 1 aromatic heterocycles. The smallest absolute Gasteiger partial charge is 0.292 e. The summed E-state index contributed by atoms with van der Waals surface area (Å²) in [4.78, 5) is 17.4. The van der Waals surface area contributed by atoms with Crippen LogP contribution in [0.25, 0.3) is 0 Å². The lowest BCUT2D eigenvalue weighted by Gasteiger charge is -2.36. The first kappa shape index (κ1) is 15.3. The lowest BCUT2D eigenvalue weighted by Crippen LogP contribution is -2.52. The molecule has 2 heterocycles. The van der Waals surface area contributed by atoms with Gasteiger partial charge in [0.25, 0.3) is 11.8 Å². The maximum atomic E-state index is 14.0. The number of rotatable bonds is 1. The van der Waals surface area contributed by atoms with E-state index in [4.69, 9.17) is 0 Å². The molecule has 4 nitrogen and oxygen atoms in total. The molecule has 1 saturated carbocycles. The van der Waals surface area contributed by atoms with Crippen LogP contribution in [0.1, 0.15) is 41.7 Å². The van der Waals surface area contributed by atoms with Crippen molar-refractivity contribution in [1.82, 2.24) is 9.88 Å². The molecule has 1 unspecified atom stereocenters. The average molecular weight is 314 g/mol. The maximum Gasteiger partial charge on any atom is 0.292 e. The SMILES string of the molecule is Cc1cc(C(=O)N2CC(F)(F)C(O)C23CCCC3)ncc1F. The second kappa shape index (κ2) is 4.94. The molecule has 120 valence electrons. The Labute approximate surface area is 126 Å². The quantitative estimate of drug-likeness (QED) is 0.865. The Hall–Kier alpha value is -1.63. The van der Waals surface area contributed by atoms with Gasteiger partial charge in [0, 0.05) is 0 Å². The zero-order valence-corrected chi connectivity index (χ0v) is 12.2. The molecule has 2 fully saturated rings. The van der Waals surface area contributed by atoms with Crippen LogP contribution in [0.3, 0.4) is 0 Å². The van der Waals surface area contributed by atoms with Crippen molar-refractivity contribution in [3.8, 4) is 0 Å². The standard InChI is InChI=1S/C15H17F3N2O2/c1-9-6-11(19-7-10(9)16)12(21)20-8-15(17,18)13(22)14(20)4-2-3-5-14/h6-7,13,22H,2-5,8H2,1H3. The number of likely N-dealkylation sites (tertiary alicyclic amines) is 1. The van der Waals surface area contributed by atoms with E-state index in [1.165, 1.54) is 13.0 Å². The second-order valence-electron chi connectivity index (χ2n) is 6.18. The molecule has 1 N–H and O–H groups in total. The molecule has 0 bridgehead atoms. The van der Waals surface area contributed by atoms with Crippen molar-refractivity contribution < 1.29 is 23.1 Å². The monoisotopic (exact) mass is 314 g/mol. The maximum absolute atomic E-state index is 14.0. The van der Waals surface area contributed by atoms with Crippen LogP contribution < -0.4 is 0 Å². The van der Waals surface area contributed by atoms with Gasteiger partial charge in [-0.2, -0.15) is 0 Å². The van der Waals surface area contributed by atoms with Crippen molar-refractivity contribution in [2.75, 3.05) is 6.54 Å². The van der Waals surface area contributed by atoms with Gasteiger partial charge in [-0.15, -0.1) is 0 Å². The normalized spacial score (nSPS) is 25.9. The highest BCUT2D eigenvalue weighted by Gasteiger charge is 2.64. The molecule has 1 amide bonds. The molecular weight excluding hydrogens is 297 g/mol. The first-order valence-corrected chi connectivity index (χ1v) is 7.28. The van der Waals surface area contributed by atoms with Gasteiger partial charge in [-0.1, -0.05) is 12.8 Å². The largest absolute Gasteiger partial charge is 0.384 e. The molecule has 1 saturated heterocycles. The Balaban J connectivity index is 1.98. The van der Waals surface area contributed by atoms with Gasteiger partial charge in [0.2, 0.25) is 0 Å². The van der Waals surface area contributed by atoms with Crippen LogP contribution >= 0.6 is 0 Å². The van der Waals surface area contributed by atoms with Gasteiger partial charge in [0.1, 0.15) is 17.6 Å². The van der Waals surface area contributed by atoms with Crippen molar-refractivity contribution in [1.29, 1.82) is 0 Å². The van der Waals surface area contributed by atoms with Crippen LogP contribution in [-0.4, -0.2) is 45.0 Å². The van der Waals surface area contributed by atoms with Gasteiger partial charge in [-0.05, 0) is 31.4 Å². The summed E-state index contributed by atoms with van der Waals surface area (Å²) in [5.41, 5.74) is -1.08. The number of nitrogens with zero attached hydrogens (tertiary/aromatic N) is 2. The number of aryl methyl sites for hydroxylation is 1. The Morgan fingerprint density at radius 2 is 2.05 bits per heavy atom. The van der Waals surface area contributed by atoms with Crippen LogP contribution in [0.4, 0.5) is 13.2 Å². The third-order valence-corrected chi connectivity index (χ3v) is 4.80. The molecule has 2 aliphatic rings. The summed E-state index contributed by atoms with van der Waals surface area (Å²) in [6.45, 7) is 0.650. The average Bonchev–Trinajstić information content (AvgIpc) is 3.02. The fourth-order valence-corrected chi connectivity index (χ4v) is 3.59. The van der Waals surface area contributed by atoms with Gasteiger partial charge in [-0.3, -0.25) is 4.79 Å². The van der Waals surface area contributed by atoms with E-state index in [9.17, 15) is 23.1 Å². The number of pyridine rings is 1. The highest BCUT2D eigenvalue weighted by molar-refractivity contribution is 5.93. The minimum absolute atomic E-state index is 0.0740. The zero-order chi connectivity index (χ0) is 16.1. The summed E-state index contributed by atoms with van der Waals surface area (Å²) in [7, 11) is 0. The lowest BCUT2D eigenvalue weighted by molar-refractivity contribution is -0.0959. The number of carbonyl (C=O) groups excluding carboxylic acids is 1. The predicted molar refractivity (Wildman–Crippen MR) is 72.1 cm³/mol. The van der Waals surface area contributed by atoms with Crippen LogP contribution in [0.2, 0.25) is 0 Å². The van der Waals surface area contributed by atoms with Crippen LogP contribution in [0.15, 0.2) is 12.3 Å². The summed E-state index contributed by atoms with van der Waals surface area (Å²) in [6, 6.07) is 1.25. The summed E-state index contributed by atoms with van der Waals surface area (Å²) >= 11 is 0. The molecule has 0 aromatic carbocycles. The molecule has 1 atom stereocenters. The molecule has 0 radical (unpaired) electrons. The van der Waals surface area contributed by atoms with Gasteiger partial charge in [0.15, 0.2) is 0 Å². The third-order valence-electron chi connectivity index (χ3n) is 4.80. The molecular formula is C15H17F3N2O2. The van der Waals surface area contributed by atoms with Crippen LogP contribution in [-0.2, 0) is 0 Å². The number of aromatic nitrogens is 1. The second-order valence-corrected chi connectivity index (χ2v) is 6.18. The summed E-state index contributed by atoms with van der Waals surface area (Å²) < 4.78 is 41.2. The molecule has 1 aromatic rings. The first-order chi connectivity index (χ1) is 10.3. The van der Waals surface area contributed by atoms with Crippen molar-refractivity contribution in [3.63, 3.8) is 0 Å². The molecule has 1 spiro atoms. The van der Waals surface area contributed by atoms with E-state index in [2.05, 4.69) is 4.98 Å². The van der Waals surface area contributed by atoms with Crippen molar-refractivity contribution in [2.45, 2.75) is 50.2 Å². The number of hydrogen-bond acceptors (Lipinski definition) is 3. The Morgan fingerprint density at radius 3 is 2.64 bits per heavy atom. The molecule has 22 heavy (non-hydrogen) atoms. The van der Waals surface area contributed by atoms with Crippen molar-refractivity contribution >= 4 is 5.91 Å². The lowest BCUT2D eigenvalue weighted by atomic mass is 9.90. The molecule has 7 heteroatoms. The zero-order valence-electron chi connectivity index (χ0n) is 12.2. The van der Waals surface area contributed by atoms with E-state index >= 15 is 0 Å². The first-order valence-electron chi connectivity index (χ1n) is 7.28. The number of aliphatic hydroxyl groups excluding tert-OH is 1. The Kier molecular flexibility index (Phi) is 3.43. The van der Waals surface area contributed by atoms with E-state index in [-0.39, 0.29) is 11.3 Å². The fourth-order valence-electron chi connectivity index (χ4n) is 3.59. The number of halogens is 3. The fraction of sp³-hybridized carbons (Fsp3) is 0.600. The summed E-state index contributed by atoms with van der Waals surface area (Å²) in [5.74, 6) is -4.57. The van der Waals surface area contributed by atoms with Gasteiger partial charge in [0.05, 0.1) is 18.3 Å². The minimum atomic E-state index is -3.34. The van der Waals surface area contributed by atoms with Crippen LogP contribution in [0.5, 0.6) is 0 Å². The minimum Gasteiger partial charge on any atom is -0.384 e. The van der Waals surface area contributed by atoms with Gasteiger partial charge >= 0.3 is 0 Å². The van der Waals surface area contributed by atoms with Gasteiger partial charge < -0.3 is 10.0 Å². The molecule has 1 aliphatic carbocycles. The number of carbonyl (C=O) groups is 1. The van der Waals surface area contributed by atoms with E-state index in [0.29, 0.717) is 25.7 Å².